The fourth-order valence-corrected chi connectivity index (χ4v) is 3.63. The van der Waals surface area contributed by atoms with Gasteiger partial charge in [-0.2, -0.15) is 0 Å². The van der Waals surface area contributed by atoms with E-state index in [-0.39, 0.29) is 17.1 Å². The first-order chi connectivity index (χ1) is 15.0. The lowest BCUT2D eigenvalue weighted by Gasteiger charge is -2.15. The highest BCUT2D eigenvalue weighted by molar-refractivity contribution is 8.00. The molecular weight excluding hydrogens is 415 g/mol. The highest BCUT2D eigenvalue weighted by Crippen LogP contribution is 2.28. The van der Waals surface area contributed by atoms with Crippen LogP contribution in [0.4, 0.5) is 15.8 Å². The molecule has 31 heavy (non-hydrogen) atoms. The van der Waals surface area contributed by atoms with Crippen molar-refractivity contribution in [3.8, 4) is 5.75 Å². The van der Waals surface area contributed by atoms with Gasteiger partial charge in [-0.1, -0.05) is 12.1 Å². The fourth-order valence-electron chi connectivity index (χ4n) is 2.76. The number of amides is 2. The van der Waals surface area contributed by atoms with E-state index in [0.717, 1.165) is 4.90 Å². The Morgan fingerprint density at radius 2 is 1.65 bits per heavy atom. The van der Waals surface area contributed by atoms with Gasteiger partial charge in [-0.3, -0.25) is 9.59 Å². The molecular formula is C24H23FN2O3S. The smallest absolute Gasteiger partial charge is 0.255 e. The lowest BCUT2D eigenvalue weighted by Crippen LogP contribution is -2.22. The van der Waals surface area contributed by atoms with E-state index in [0.29, 0.717) is 29.3 Å². The predicted octanol–water partition coefficient (Wildman–Crippen LogP) is 5.60. The Kier molecular flexibility index (Phi) is 7.67. The number of para-hydroxylation sites is 2. The molecule has 0 aliphatic rings. The van der Waals surface area contributed by atoms with Crippen LogP contribution in [0, 0.1) is 5.82 Å². The quantitative estimate of drug-likeness (QED) is 0.450. The second kappa shape index (κ2) is 10.6. The molecule has 0 aliphatic heterocycles. The largest absolute Gasteiger partial charge is 0.492 e. The summed E-state index contributed by atoms with van der Waals surface area (Å²) in [5.74, 6) is -0.207. The van der Waals surface area contributed by atoms with Crippen molar-refractivity contribution < 1.29 is 18.7 Å². The molecule has 2 amide bonds. The van der Waals surface area contributed by atoms with E-state index in [9.17, 15) is 14.0 Å². The van der Waals surface area contributed by atoms with Gasteiger partial charge in [-0.05, 0) is 74.5 Å². The molecule has 3 rings (SSSR count). The second-order valence-corrected chi connectivity index (χ2v) is 8.08. The van der Waals surface area contributed by atoms with Gasteiger partial charge in [-0.15, -0.1) is 11.8 Å². The monoisotopic (exact) mass is 438 g/mol. The van der Waals surface area contributed by atoms with Gasteiger partial charge in [0.15, 0.2) is 0 Å². The van der Waals surface area contributed by atoms with Crippen LogP contribution in [0.5, 0.6) is 5.75 Å². The van der Waals surface area contributed by atoms with Crippen molar-refractivity contribution in [3.63, 3.8) is 0 Å². The van der Waals surface area contributed by atoms with Crippen molar-refractivity contribution in [2.45, 2.75) is 24.0 Å². The van der Waals surface area contributed by atoms with Crippen molar-refractivity contribution in [3.05, 3.63) is 84.2 Å². The van der Waals surface area contributed by atoms with Crippen molar-refractivity contribution in [1.82, 2.24) is 0 Å². The lowest BCUT2D eigenvalue weighted by atomic mass is 10.2. The van der Waals surface area contributed by atoms with Crippen LogP contribution in [-0.4, -0.2) is 23.7 Å². The predicted molar refractivity (Wildman–Crippen MR) is 122 cm³/mol. The van der Waals surface area contributed by atoms with Gasteiger partial charge in [0.05, 0.1) is 17.5 Å². The van der Waals surface area contributed by atoms with Crippen LogP contribution in [0.25, 0.3) is 0 Å². The average molecular weight is 439 g/mol. The summed E-state index contributed by atoms with van der Waals surface area (Å²) in [5.41, 5.74) is 1.62. The molecule has 0 spiro atoms. The molecule has 0 heterocycles. The van der Waals surface area contributed by atoms with E-state index in [1.54, 1.807) is 18.2 Å². The minimum absolute atomic E-state index is 0.133. The Morgan fingerprint density at radius 1 is 0.968 bits per heavy atom. The Balaban J connectivity index is 1.57. The summed E-state index contributed by atoms with van der Waals surface area (Å²) >= 11 is 1.41. The summed E-state index contributed by atoms with van der Waals surface area (Å²) in [6.45, 7) is 4.23. The van der Waals surface area contributed by atoms with Gasteiger partial charge in [0.25, 0.3) is 5.91 Å². The zero-order chi connectivity index (χ0) is 22.2. The first-order valence-electron chi connectivity index (χ1n) is 9.82. The number of ether oxygens (including phenoxy) is 1. The van der Waals surface area contributed by atoms with Gasteiger partial charge in [0.1, 0.15) is 11.6 Å². The number of hydrogen-bond donors (Lipinski definition) is 2. The molecule has 1 unspecified atom stereocenters. The van der Waals surface area contributed by atoms with Crippen molar-refractivity contribution in [2.75, 3.05) is 17.2 Å². The Labute approximate surface area is 185 Å². The minimum atomic E-state index is -0.391. The van der Waals surface area contributed by atoms with E-state index in [2.05, 4.69) is 10.6 Å². The number of hydrogen-bond acceptors (Lipinski definition) is 4. The highest BCUT2D eigenvalue weighted by atomic mass is 32.2. The molecule has 5 nitrogen and oxygen atoms in total. The average Bonchev–Trinajstić information content (AvgIpc) is 2.77. The molecule has 3 aromatic rings. The number of rotatable bonds is 8. The van der Waals surface area contributed by atoms with Crippen LogP contribution >= 0.6 is 11.8 Å². The Hall–Kier alpha value is -3.32. The van der Waals surface area contributed by atoms with Crippen LogP contribution in [0.1, 0.15) is 24.2 Å². The van der Waals surface area contributed by atoms with E-state index < -0.39 is 5.82 Å². The molecule has 0 fully saturated rings. The number of thioether (sulfide) groups is 1. The second-order valence-electron chi connectivity index (χ2n) is 6.66. The zero-order valence-corrected chi connectivity index (χ0v) is 18.0. The maximum atomic E-state index is 13.0. The molecule has 1 atom stereocenters. The number of halogens is 1. The molecule has 0 bridgehead atoms. The molecule has 0 aromatic heterocycles. The van der Waals surface area contributed by atoms with E-state index in [1.807, 2.05) is 44.2 Å². The standard InChI is InChI=1S/C24H23FN2O3S/c1-3-30-22-7-5-4-6-21(22)27-23(28)16(2)31-20-14-12-19(13-15-20)26-24(29)17-8-10-18(25)11-9-17/h4-16H,3H2,1-2H3,(H,26,29)(H,27,28). The maximum absolute atomic E-state index is 13.0. The molecule has 7 heteroatoms. The minimum Gasteiger partial charge on any atom is -0.492 e. The first-order valence-corrected chi connectivity index (χ1v) is 10.7. The van der Waals surface area contributed by atoms with Gasteiger partial charge in [-0.25, -0.2) is 4.39 Å². The van der Waals surface area contributed by atoms with Crippen LogP contribution in [0.15, 0.2) is 77.7 Å². The van der Waals surface area contributed by atoms with Crippen LogP contribution in [0.2, 0.25) is 0 Å². The van der Waals surface area contributed by atoms with Crippen LogP contribution in [0.3, 0.4) is 0 Å². The van der Waals surface area contributed by atoms with Crippen molar-refractivity contribution in [2.24, 2.45) is 0 Å². The molecule has 2 N–H and O–H groups in total. The van der Waals surface area contributed by atoms with Gasteiger partial charge in [0, 0.05) is 16.1 Å². The topological polar surface area (TPSA) is 67.4 Å². The molecule has 3 aromatic carbocycles. The van der Waals surface area contributed by atoms with Crippen LogP contribution < -0.4 is 15.4 Å². The third-order valence-electron chi connectivity index (χ3n) is 4.35. The molecule has 0 saturated carbocycles. The summed E-state index contributed by atoms with van der Waals surface area (Å²) in [5, 5.41) is 5.34. The number of benzene rings is 3. The summed E-state index contributed by atoms with van der Waals surface area (Å²) in [6.07, 6.45) is 0. The van der Waals surface area contributed by atoms with E-state index in [1.165, 1.54) is 36.0 Å². The zero-order valence-electron chi connectivity index (χ0n) is 17.2. The van der Waals surface area contributed by atoms with E-state index >= 15 is 0 Å². The summed E-state index contributed by atoms with van der Waals surface area (Å²) < 4.78 is 18.5. The third kappa shape index (κ3) is 6.33. The van der Waals surface area contributed by atoms with Crippen LogP contribution in [-0.2, 0) is 4.79 Å². The Morgan fingerprint density at radius 3 is 2.32 bits per heavy atom. The molecule has 0 radical (unpaired) electrons. The normalized spacial score (nSPS) is 11.5. The number of anilines is 2. The summed E-state index contributed by atoms with van der Waals surface area (Å²) in [6, 6.07) is 19.9. The third-order valence-corrected chi connectivity index (χ3v) is 5.46. The molecule has 160 valence electrons. The van der Waals surface area contributed by atoms with Gasteiger partial charge < -0.3 is 15.4 Å². The van der Waals surface area contributed by atoms with Gasteiger partial charge in [0.2, 0.25) is 5.91 Å². The fraction of sp³-hybridized carbons (Fsp3) is 0.167. The van der Waals surface area contributed by atoms with Gasteiger partial charge >= 0.3 is 0 Å². The lowest BCUT2D eigenvalue weighted by molar-refractivity contribution is -0.115. The van der Waals surface area contributed by atoms with Crippen molar-refractivity contribution in [1.29, 1.82) is 0 Å². The number of carbonyl (C=O) groups is 2. The summed E-state index contributed by atoms with van der Waals surface area (Å²) in [7, 11) is 0. The summed E-state index contributed by atoms with van der Waals surface area (Å²) in [4.78, 5) is 25.7. The molecule has 0 aliphatic carbocycles. The number of carbonyl (C=O) groups excluding carboxylic acids is 2. The highest BCUT2D eigenvalue weighted by Gasteiger charge is 2.16. The molecule has 0 saturated heterocycles. The Bertz CT molecular complexity index is 1040. The first kappa shape index (κ1) is 22.4. The maximum Gasteiger partial charge on any atom is 0.255 e. The van der Waals surface area contributed by atoms with E-state index in [4.69, 9.17) is 4.74 Å². The SMILES string of the molecule is CCOc1ccccc1NC(=O)C(C)Sc1ccc(NC(=O)c2ccc(F)cc2)cc1. The van der Waals surface area contributed by atoms with Crippen molar-refractivity contribution >= 4 is 35.0 Å². The number of nitrogens with one attached hydrogen (secondary N) is 2.